The van der Waals surface area contributed by atoms with Crippen LogP contribution in [0.15, 0.2) is 6.20 Å². The van der Waals surface area contributed by atoms with E-state index in [0.29, 0.717) is 11.2 Å². The highest BCUT2D eigenvalue weighted by molar-refractivity contribution is 5.35. The molecule has 0 aromatic carbocycles. The molecule has 84 valence electrons. The van der Waals surface area contributed by atoms with Crippen LogP contribution in [-0.4, -0.2) is 9.78 Å². The van der Waals surface area contributed by atoms with Crippen LogP contribution in [0.25, 0.3) is 0 Å². The van der Waals surface area contributed by atoms with Gasteiger partial charge in [0.2, 0.25) is 0 Å². The van der Waals surface area contributed by atoms with Gasteiger partial charge in [0.05, 0.1) is 0 Å². The molecule has 1 fully saturated rings. The molecule has 0 saturated heterocycles. The first-order valence-corrected chi connectivity index (χ1v) is 5.89. The van der Waals surface area contributed by atoms with Crippen molar-refractivity contribution >= 4 is 5.82 Å². The summed E-state index contributed by atoms with van der Waals surface area (Å²) >= 11 is 0. The molecule has 0 unspecified atom stereocenters. The minimum absolute atomic E-state index is 0.434. The molecular formula is C12H21N3. The van der Waals surface area contributed by atoms with Crippen molar-refractivity contribution in [1.29, 1.82) is 0 Å². The van der Waals surface area contributed by atoms with Crippen molar-refractivity contribution < 1.29 is 0 Å². The largest absolute Gasteiger partial charge is 0.382 e. The third kappa shape index (κ3) is 2.33. The fourth-order valence-electron chi connectivity index (χ4n) is 2.57. The Hall–Kier alpha value is -0.990. The van der Waals surface area contributed by atoms with E-state index in [-0.39, 0.29) is 0 Å². The van der Waals surface area contributed by atoms with E-state index in [4.69, 9.17) is 5.73 Å². The maximum atomic E-state index is 5.76. The Bertz CT molecular complexity index is 315. The van der Waals surface area contributed by atoms with Gasteiger partial charge in [-0.05, 0) is 25.2 Å². The third-order valence-corrected chi connectivity index (χ3v) is 3.59. The molecular weight excluding hydrogens is 186 g/mol. The van der Waals surface area contributed by atoms with Gasteiger partial charge in [0.1, 0.15) is 5.82 Å². The molecule has 1 aliphatic carbocycles. The van der Waals surface area contributed by atoms with E-state index in [1.165, 1.54) is 32.1 Å². The number of nitrogens with zero attached hydrogens (tertiary/aromatic N) is 2. The first-order chi connectivity index (χ1) is 7.09. The summed E-state index contributed by atoms with van der Waals surface area (Å²) in [5, 5.41) is 4.34. The molecule has 0 atom stereocenters. The maximum absolute atomic E-state index is 5.76. The number of rotatable bonds is 2. The smallest absolute Gasteiger partial charge is 0.148 e. The molecule has 15 heavy (non-hydrogen) atoms. The molecule has 0 aliphatic heterocycles. The minimum atomic E-state index is 0.434. The second-order valence-corrected chi connectivity index (χ2v) is 5.27. The van der Waals surface area contributed by atoms with Gasteiger partial charge in [-0.3, -0.25) is 4.68 Å². The third-order valence-electron chi connectivity index (χ3n) is 3.59. The van der Waals surface area contributed by atoms with Crippen LogP contribution in [0.2, 0.25) is 0 Å². The number of hydrogen-bond acceptors (Lipinski definition) is 2. The van der Waals surface area contributed by atoms with E-state index in [1.54, 1.807) is 0 Å². The van der Waals surface area contributed by atoms with Gasteiger partial charge in [0.25, 0.3) is 0 Å². The zero-order valence-electron chi connectivity index (χ0n) is 9.79. The van der Waals surface area contributed by atoms with E-state index in [9.17, 15) is 0 Å². The van der Waals surface area contributed by atoms with Crippen LogP contribution in [0.1, 0.15) is 44.6 Å². The maximum Gasteiger partial charge on any atom is 0.148 e. The zero-order valence-corrected chi connectivity index (χ0v) is 9.79. The van der Waals surface area contributed by atoms with Crippen molar-refractivity contribution in [3.05, 3.63) is 11.8 Å². The summed E-state index contributed by atoms with van der Waals surface area (Å²) < 4.78 is 2.02. The second-order valence-electron chi connectivity index (χ2n) is 5.27. The Morgan fingerprint density at radius 2 is 2.07 bits per heavy atom. The Kier molecular flexibility index (Phi) is 2.72. The number of aromatic nitrogens is 2. The molecule has 3 nitrogen and oxygen atoms in total. The van der Waals surface area contributed by atoms with Gasteiger partial charge in [-0.2, -0.15) is 5.10 Å². The van der Waals surface area contributed by atoms with E-state index in [2.05, 4.69) is 18.2 Å². The Balaban J connectivity index is 2.06. The Morgan fingerprint density at radius 1 is 1.40 bits per heavy atom. The van der Waals surface area contributed by atoms with Gasteiger partial charge in [-0.15, -0.1) is 0 Å². The Morgan fingerprint density at radius 3 is 2.60 bits per heavy atom. The van der Waals surface area contributed by atoms with Gasteiger partial charge in [-0.1, -0.05) is 26.2 Å². The van der Waals surface area contributed by atoms with Crippen LogP contribution in [0, 0.1) is 12.3 Å². The molecule has 1 heterocycles. The zero-order chi connectivity index (χ0) is 10.9. The summed E-state index contributed by atoms with van der Waals surface area (Å²) in [6.45, 7) is 5.41. The SMILES string of the molecule is Cc1cn(CC2(C)CCCCC2)nc1N. The fraction of sp³-hybridized carbons (Fsp3) is 0.750. The summed E-state index contributed by atoms with van der Waals surface area (Å²) in [5.41, 5.74) is 7.28. The number of hydrogen-bond donors (Lipinski definition) is 1. The molecule has 3 heteroatoms. The molecule has 0 bridgehead atoms. The highest BCUT2D eigenvalue weighted by Crippen LogP contribution is 2.37. The minimum Gasteiger partial charge on any atom is -0.382 e. The van der Waals surface area contributed by atoms with Crippen LogP contribution < -0.4 is 5.73 Å². The predicted molar refractivity (Wildman–Crippen MR) is 62.6 cm³/mol. The van der Waals surface area contributed by atoms with Gasteiger partial charge in [-0.25, -0.2) is 0 Å². The summed E-state index contributed by atoms with van der Waals surface area (Å²) in [7, 11) is 0. The number of nitrogen functional groups attached to an aromatic ring is 1. The molecule has 2 N–H and O–H groups in total. The lowest BCUT2D eigenvalue weighted by atomic mass is 9.76. The fourth-order valence-corrected chi connectivity index (χ4v) is 2.57. The highest BCUT2D eigenvalue weighted by Gasteiger charge is 2.27. The predicted octanol–water partition coefficient (Wildman–Crippen LogP) is 2.74. The average molecular weight is 207 g/mol. The molecule has 0 radical (unpaired) electrons. The summed E-state index contributed by atoms with van der Waals surface area (Å²) in [5.74, 6) is 0.675. The molecule has 1 saturated carbocycles. The Labute approximate surface area is 91.7 Å². The van der Waals surface area contributed by atoms with Crippen molar-refractivity contribution in [1.82, 2.24) is 9.78 Å². The van der Waals surface area contributed by atoms with Gasteiger partial charge in [0.15, 0.2) is 0 Å². The standard InChI is InChI=1S/C12H21N3/c1-10-8-15(14-11(10)13)9-12(2)6-4-3-5-7-12/h8H,3-7,9H2,1-2H3,(H2,13,14). The summed E-state index contributed by atoms with van der Waals surface area (Å²) in [6, 6.07) is 0. The van der Waals surface area contributed by atoms with Crippen molar-refractivity contribution in [3.63, 3.8) is 0 Å². The molecule has 2 rings (SSSR count). The van der Waals surface area contributed by atoms with Crippen LogP contribution in [0.4, 0.5) is 5.82 Å². The molecule has 0 spiro atoms. The van der Waals surface area contributed by atoms with Crippen LogP contribution in [-0.2, 0) is 6.54 Å². The summed E-state index contributed by atoms with van der Waals surface area (Å²) in [6.07, 6.45) is 8.85. The summed E-state index contributed by atoms with van der Waals surface area (Å²) in [4.78, 5) is 0. The van der Waals surface area contributed by atoms with Crippen LogP contribution in [0.5, 0.6) is 0 Å². The van der Waals surface area contributed by atoms with Crippen molar-refractivity contribution in [2.45, 2.75) is 52.5 Å². The number of aryl methyl sites for hydroxylation is 1. The quantitative estimate of drug-likeness (QED) is 0.810. The second kappa shape index (κ2) is 3.87. The average Bonchev–Trinajstić information content (AvgIpc) is 2.46. The van der Waals surface area contributed by atoms with E-state index in [1.807, 2.05) is 11.6 Å². The van der Waals surface area contributed by atoms with Crippen molar-refractivity contribution in [2.24, 2.45) is 5.41 Å². The van der Waals surface area contributed by atoms with Crippen LogP contribution >= 0.6 is 0 Å². The molecule has 1 aromatic rings. The van der Waals surface area contributed by atoms with E-state index < -0.39 is 0 Å². The van der Waals surface area contributed by atoms with Crippen molar-refractivity contribution in [2.75, 3.05) is 5.73 Å². The van der Waals surface area contributed by atoms with Crippen LogP contribution in [0.3, 0.4) is 0 Å². The lowest BCUT2D eigenvalue weighted by Gasteiger charge is -2.33. The first-order valence-electron chi connectivity index (χ1n) is 5.89. The normalized spacial score (nSPS) is 20.4. The number of anilines is 1. The first kappa shape index (κ1) is 10.5. The lowest BCUT2D eigenvalue weighted by Crippen LogP contribution is -2.26. The van der Waals surface area contributed by atoms with E-state index >= 15 is 0 Å². The number of nitrogens with two attached hydrogens (primary N) is 1. The highest BCUT2D eigenvalue weighted by atomic mass is 15.3. The topological polar surface area (TPSA) is 43.8 Å². The molecule has 1 aromatic heterocycles. The van der Waals surface area contributed by atoms with Gasteiger partial charge < -0.3 is 5.73 Å². The van der Waals surface area contributed by atoms with E-state index in [0.717, 1.165) is 12.1 Å². The van der Waals surface area contributed by atoms with Gasteiger partial charge in [0, 0.05) is 18.3 Å². The molecule has 1 aliphatic rings. The monoisotopic (exact) mass is 207 g/mol. The van der Waals surface area contributed by atoms with Crippen molar-refractivity contribution in [3.8, 4) is 0 Å². The van der Waals surface area contributed by atoms with Gasteiger partial charge >= 0.3 is 0 Å². The molecule has 0 amide bonds. The lowest BCUT2D eigenvalue weighted by molar-refractivity contribution is 0.176.